The number of hydrogen-bond acceptors (Lipinski definition) is 1. The molecule has 16 heavy (non-hydrogen) atoms. The molecule has 1 aromatic rings. The van der Waals surface area contributed by atoms with Crippen molar-refractivity contribution in [1.29, 1.82) is 0 Å². The molecule has 1 atom stereocenters. The normalized spacial score (nSPS) is 13.1. The van der Waals surface area contributed by atoms with E-state index < -0.39 is 0 Å². The molecule has 0 bridgehead atoms. The van der Waals surface area contributed by atoms with Gasteiger partial charge in [0.2, 0.25) is 0 Å². The molecule has 1 nitrogen and oxygen atoms in total. The molecule has 2 heteroatoms. The number of benzene rings is 1. The second-order valence-electron chi connectivity index (χ2n) is 4.67. The van der Waals surface area contributed by atoms with Crippen LogP contribution in [0, 0.1) is 5.92 Å². The van der Waals surface area contributed by atoms with E-state index in [0.29, 0.717) is 6.04 Å². The molecule has 0 fully saturated rings. The van der Waals surface area contributed by atoms with Gasteiger partial charge < -0.3 is 5.32 Å². The van der Waals surface area contributed by atoms with Gasteiger partial charge in [-0.05, 0) is 36.6 Å². The van der Waals surface area contributed by atoms with E-state index in [1.54, 1.807) is 0 Å². The van der Waals surface area contributed by atoms with E-state index in [9.17, 15) is 0 Å². The first-order valence-electron chi connectivity index (χ1n) is 6.09. The maximum absolute atomic E-state index is 3.52. The van der Waals surface area contributed by atoms with Gasteiger partial charge in [-0.2, -0.15) is 0 Å². The van der Waals surface area contributed by atoms with Crippen LogP contribution in [0.2, 0.25) is 0 Å². The monoisotopic (exact) mass is 283 g/mol. The van der Waals surface area contributed by atoms with Crippen molar-refractivity contribution in [1.82, 2.24) is 5.32 Å². The van der Waals surface area contributed by atoms with E-state index in [1.165, 1.54) is 18.4 Å². The van der Waals surface area contributed by atoms with E-state index in [0.717, 1.165) is 16.9 Å². The van der Waals surface area contributed by atoms with Crippen LogP contribution in [0.25, 0.3) is 0 Å². The van der Waals surface area contributed by atoms with E-state index in [4.69, 9.17) is 0 Å². The highest BCUT2D eigenvalue weighted by Crippen LogP contribution is 2.15. The third kappa shape index (κ3) is 5.13. The molecule has 0 radical (unpaired) electrons. The topological polar surface area (TPSA) is 12.0 Å². The number of nitrogens with one attached hydrogen (secondary N) is 1. The second kappa shape index (κ2) is 7.08. The summed E-state index contributed by atoms with van der Waals surface area (Å²) in [6.07, 6.45) is 2.40. The van der Waals surface area contributed by atoms with Gasteiger partial charge in [-0.15, -0.1) is 0 Å². The van der Waals surface area contributed by atoms with Crippen LogP contribution >= 0.6 is 15.9 Å². The lowest BCUT2D eigenvalue weighted by Gasteiger charge is -2.17. The third-order valence-electron chi connectivity index (χ3n) is 2.83. The molecule has 0 aliphatic rings. The number of hydrogen-bond donors (Lipinski definition) is 1. The molecule has 0 aliphatic carbocycles. The minimum absolute atomic E-state index is 0.582. The summed E-state index contributed by atoms with van der Waals surface area (Å²) in [6, 6.07) is 9.25. The number of halogens is 1. The molecule has 1 N–H and O–H groups in total. The molecule has 1 aromatic carbocycles. The first-order valence-corrected chi connectivity index (χ1v) is 6.89. The van der Waals surface area contributed by atoms with E-state index in [1.807, 2.05) is 0 Å². The van der Waals surface area contributed by atoms with Gasteiger partial charge in [0.05, 0.1) is 0 Å². The molecular formula is C14H22BrN. The minimum Gasteiger partial charge on any atom is -0.314 e. The SMILES string of the molecule is CCC(CNC(C)C)Cc1ccc(Br)cc1. The van der Waals surface area contributed by atoms with Crippen LogP contribution in [0.4, 0.5) is 0 Å². The van der Waals surface area contributed by atoms with Crippen molar-refractivity contribution >= 4 is 15.9 Å². The summed E-state index contributed by atoms with van der Waals surface area (Å²) < 4.78 is 1.16. The van der Waals surface area contributed by atoms with E-state index >= 15 is 0 Å². The van der Waals surface area contributed by atoms with Crippen molar-refractivity contribution in [3.05, 3.63) is 34.3 Å². The van der Waals surface area contributed by atoms with Gasteiger partial charge >= 0.3 is 0 Å². The van der Waals surface area contributed by atoms with Gasteiger partial charge in [0, 0.05) is 10.5 Å². The standard InChI is InChI=1S/C14H22BrN/c1-4-12(10-16-11(2)3)9-13-5-7-14(15)8-6-13/h5-8,11-12,16H,4,9-10H2,1-3H3. The second-order valence-corrected chi connectivity index (χ2v) is 5.58. The molecule has 1 rings (SSSR count). The molecule has 0 saturated heterocycles. The zero-order chi connectivity index (χ0) is 12.0. The van der Waals surface area contributed by atoms with Gasteiger partial charge in [-0.25, -0.2) is 0 Å². The molecular weight excluding hydrogens is 262 g/mol. The van der Waals surface area contributed by atoms with Crippen LogP contribution in [-0.2, 0) is 6.42 Å². The van der Waals surface area contributed by atoms with Crippen LogP contribution in [0.5, 0.6) is 0 Å². The Labute approximate surface area is 108 Å². The fourth-order valence-corrected chi connectivity index (χ4v) is 1.98. The average molecular weight is 284 g/mol. The third-order valence-corrected chi connectivity index (χ3v) is 3.36. The van der Waals surface area contributed by atoms with Crippen molar-refractivity contribution in [2.24, 2.45) is 5.92 Å². The molecule has 90 valence electrons. The average Bonchev–Trinajstić information content (AvgIpc) is 2.26. The molecule has 0 amide bonds. The van der Waals surface area contributed by atoms with Crippen LogP contribution < -0.4 is 5.32 Å². The smallest absolute Gasteiger partial charge is 0.0175 e. The lowest BCUT2D eigenvalue weighted by atomic mass is 9.97. The van der Waals surface area contributed by atoms with Crippen LogP contribution in [-0.4, -0.2) is 12.6 Å². The van der Waals surface area contributed by atoms with E-state index in [-0.39, 0.29) is 0 Å². The largest absolute Gasteiger partial charge is 0.314 e. The summed E-state index contributed by atoms with van der Waals surface area (Å²) in [5.74, 6) is 0.739. The summed E-state index contributed by atoms with van der Waals surface area (Å²) >= 11 is 3.47. The van der Waals surface area contributed by atoms with Gasteiger partial charge in [-0.3, -0.25) is 0 Å². The molecule has 0 spiro atoms. The van der Waals surface area contributed by atoms with Gasteiger partial charge in [-0.1, -0.05) is 55.3 Å². The highest BCUT2D eigenvalue weighted by molar-refractivity contribution is 9.10. The molecule has 0 aliphatic heterocycles. The summed E-state index contributed by atoms with van der Waals surface area (Å²) in [4.78, 5) is 0. The Bertz CT molecular complexity index is 292. The van der Waals surface area contributed by atoms with Gasteiger partial charge in [0.25, 0.3) is 0 Å². The van der Waals surface area contributed by atoms with Crippen molar-refractivity contribution in [3.63, 3.8) is 0 Å². The molecule has 0 saturated carbocycles. The van der Waals surface area contributed by atoms with Crippen molar-refractivity contribution in [3.8, 4) is 0 Å². The molecule has 1 unspecified atom stereocenters. The van der Waals surface area contributed by atoms with Gasteiger partial charge in [0.15, 0.2) is 0 Å². The zero-order valence-electron chi connectivity index (χ0n) is 10.5. The number of rotatable bonds is 6. The highest BCUT2D eigenvalue weighted by Gasteiger charge is 2.07. The van der Waals surface area contributed by atoms with Gasteiger partial charge in [0.1, 0.15) is 0 Å². The Morgan fingerprint density at radius 3 is 2.31 bits per heavy atom. The predicted octanol–water partition coefficient (Wildman–Crippen LogP) is 4.02. The maximum atomic E-state index is 3.52. The van der Waals surface area contributed by atoms with Crippen LogP contribution in [0.1, 0.15) is 32.8 Å². The fourth-order valence-electron chi connectivity index (χ4n) is 1.72. The molecule has 0 aromatic heterocycles. The maximum Gasteiger partial charge on any atom is 0.0175 e. The Hall–Kier alpha value is -0.340. The van der Waals surface area contributed by atoms with Crippen LogP contribution in [0.15, 0.2) is 28.7 Å². The Morgan fingerprint density at radius 1 is 1.19 bits per heavy atom. The van der Waals surface area contributed by atoms with Crippen molar-refractivity contribution in [2.45, 2.75) is 39.7 Å². The van der Waals surface area contributed by atoms with E-state index in [2.05, 4.69) is 66.3 Å². The molecule has 0 heterocycles. The highest BCUT2D eigenvalue weighted by atomic mass is 79.9. The zero-order valence-corrected chi connectivity index (χ0v) is 12.0. The first kappa shape index (κ1) is 13.7. The predicted molar refractivity (Wildman–Crippen MR) is 74.8 cm³/mol. The van der Waals surface area contributed by atoms with Crippen LogP contribution in [0.3, 0.4) is 0 Å². The quantitative estimate of drug-likeness (QED) is 0.832. The summed E-state index contributed by atoms with van der Waals surface area (Å²) in [6.45, 7) is 7.79. The van der Waals surface area contributed by atoms with Crippen molar-refractivity contribution < 1.29 is 0 Å². The first-order chi connectivity index (χ1) is 7.61. The minimum atomic E-state index is 0.582. The summed E-state index contributed by atoms with van der Waals surface area (Å²) in [7, 11) is 0. The Morgan fingerprint density at radius 2 is 1.81 bits per heavy atom. The van der Waals surface area contributed by atoms with Crippen molar-refractivity contribution in [2.75, 3.05) is 6.54 Å². The summed E-state index contributed by atoms with van der Waals surface area (Å²) in [5, 5.41) is 3.52. The Kier molecular flexibility index (Phi) is 6.07. The fraction of sp³-hybridized carbons (Fsp3) is 0.571. The lowest BCUT2D eigenvalue weighted by molar-refractivity contribution is 0.436. The Balaban J connectivity index is 2.46. The lowest BCUT2D eigenvalue weighted by Crippen LogP contribution is -2.29. The summed E-state index contributed by atoms with van der Waals surface area (Å²) in [5.41, 5.74) is 1.43.